The maximum atomic E-state index is 11.4. The van der Waals surface area contributed by atoms with Gasteiger partial charge in [0.1, 0.15) is 0 Å². The summed E-state index contributed by atoms with van der Waals surface area (Å²) < 4.78 is 11.4. The van der Waals surface area contributed by atoms with E-state index in [9.17, 15) is 4.21 Å². The molecule has 0 aromatic heterocycles. The van der Waals surface area contributed by atoms with E-state index in [4.69, 9.17) is 0 Å². The average Bonchev–Trinajstić information content (AvgIpc) is 2.39. The van der Waals surface area contributed by atoms with Gasteiger partial charge in [-0.1, -0.05) is 31.2 Å². The minimum Gasteiger partial charge on any atom is -0.309 e. The molecule has 0 bridgehead atoms. The molecule has 1 aliphatic carbocycles. The fourth-order valence-corrected chi connectivity index (χ4v) is 3.09. The standard InChI is InChI=1S/C14H21NOS/c1-2-17(16)11-10-15-14-9-5-7-12-6-3-4-8-13(12)14/h3-4,6,8,14-15H,2,5,7,9-11H2,1H3. The molecule has 3 heteroatoms. The van der Waals surface area contributed by atoms with Crippen LogP contribution in [0.4, 0.5) is 0 Å². The van der Waals surface area contributed by atoms with Gasteiger partial charge in [0.15, 0.2) is 0 Å². The van der Waals surface area contributed by atoms with Crippen LogP contribution in [0.2, 0.25) is 0 Å². The van der Waals surface area contributed by atoms with Crippen molar-refractivity contribution in [2.75, 3.05) is 18.1 Å². The van der Waals surface area contributed by atoms with Crippen LogP contribution in [0.15, 0.2) is 24.3 Å². The second-order valence-electron chi connectivity index (χ2n) is 4.53. The first kappa shape index (κ1) is 12.8. The third-order valence-corrected chi connectivity index (χ3v) is 4.72. The van der Waals surface area contributed by atoms with Crippen molar-refractivity contribution in [1.29, 1.82) is 0 Å². The summed E-state index contributed by atoms with van der Waals surface area (Å²) in [6, 6.07) is 9.15. The molecule has 0 saturated heterocycles. The zero-order chi connectivity index (χ0) is 12.1. The van der Waals surface area contributed by atoms with Gasteiger partial charge in [-0.2, -0.15) is 0 Å². The molecule has 17 heavy (non-hydrogen) atoms. The summed E-state index contributed by atoms with van der Waals surface area (Å²) in [6.07, 6.45) is 3.66. The van der Waals surface area contributed by atoms with E-state index in [-0.39, 0.29) is 0 Å². The molecule has 0 heterocycles. The normalized spacial score (nSPS) is 20.9. The maximum absolute atomic E-state index is 11.4. The van der Waals surface area contributed by atoms with Gasteiger partial charge in [0.05, 0.1) is 0 Å². The average molecular weight is 251 g/mol. The SMILES string of the molecule is CCS(=O)CCNC1CCCc2ccccc21. The summed E-state index contributed by atoms with van der Waals surface area (Å²) in [4.78, 5) is 0. The van der Waals surface area contributed by atoms with Gasteiger partial charge in [0.25, 0.3) is 0 Å². The van der Waals surface area contributed by atoms with Crippen LogP contribution in [0.1, 0.15) is 36.9 Å². The van der Waals surface area contributed by atoms with Crippen LogP contribution in [-0.2, 0) is 17.2 Å². The number of hydrogen-bond donors (Lipinski definition) is 1. The van der Waals surface area contributed by atoms with Crippen molar-refractivity contribution in [2.45, 2.75) is 32.2 Å². The number of aryl methyl sites for hydroxylation is 1. The van der Waals surface area contributed by atoms with Gasteiger partial charge in [-0.25, -0.2) is 0 Å². The van der Waals surface area contributed by atoms with E-state index in [1.54, 1.807) is 0 Å². The Bertz CT molecular complexity index is 392. The van der Waals surface area contributed by atoms with Gasteiger partial charge in [-0.15, -0.1) is 0 Å². The molecule has 0 radical (unpaired) electrons. The smallest absolute Gasteiger partial charge is 0.0360 e. The van der Waals surface area contributed by atoms with Crippen molar-refractivity contribution in [2.24, 2.45) is 0 Å². The van der Waals surface area contributed by atoms with Crippen molar-refractivity contribution in [3.8, 4) is 0 Å². The molecule has 1 aromatic rings. The minimum atomic E-state index is -0.652. The fourth-order valence-electron chi connectivity index (χ4n) is 2.46. The Balaban J connectivity index is 1.92. The van der Waals surface area contributed by atoms with Crippen molar-refractivity contribution >= 4 is 10.8 Å². The Labute approximate surface area is 106 Å². The molecule has 0 fully saturated rings. The van der Waals surface area contributed by atoms with Crippen molar-refractivity contribution in [1.82, 2.24) is 5.32 Å². The Hall–Kier alpha value is -0.670. The van der Waals surface area contributed by atoms with Gasteiger partial charge in [0, 0.05) is 34.9 Å². The lowest BCUT2D eigenvalue weighted by Crippen LogP contribution is -2.28. The molecular formula is C14H21NOS. The molecule has 0 amide bonds. The molecule has 2 unspecified atom stereocenters. The molecule has 94 valence electrons. The van der Waals surface area contributed by atoms with Crippen LogP contribution >= 0.6 is 0 Å². The number of fused-ring (bicyclic) bond motifs is 1. The van der Waals surface area contributed by atoms with Crippen molar-refractivity contribution < 1.29 is 4.21 Å². The number of nitrogens with one attached hydrogen (secondary N) is 1. The summed E-state index contributed by atoms with van der Waals surface area (Å²) >= 11 is 0. The van der Waals surface area contributed by atoms with Crippen LogP contribution in [0, 0.1) is 0 Å². The van der Waals surface area contributed by atoms with E-state index in [0.717, 1.165) is 18.1 Å². The van der Waals surface area contributed by atoms with Gasteiger partial charge in [0.2, 0.25) is 0 Å². The second kappa shape index (κ2) is 6.31. The Kier molecular flexibility index (Phi) is 4.75. The van der Waals surface area contributed by atoms with E-state index in [1.807, 2.05) is 6.92 Å². The molecule has 0 aliphatic heterocycles. The Morgan fingerprint density at radius 3 is 3.06 bits per heavy atom. The third kappa shape index (κ3) is 3.39. The highest BCUT2D eigenvalue weighted by Crippen LogP contribution is 2.29. The second-order valence-corrected chi connectivity index (χ2v) is 6.40. The first-order chi connectivity index (χ1) is 8.31. The van der Waals surface area contributed by atoms with E-state index in [1.165, 1.54) is 30.4 Å². The minimum absolute atomic E-state index is 0.466. The lowest BCUT2D eigenvalue weighted by Gasteiger charge is -2.26. The van der Waals surface area contributed by atoms with Gasteiger partial charge < -0.3 is 5.32 Å². The van der Waals surface area contributed by atoms with Crippen LogP contribution in [-0.4, -0.2) is 22.3 Å². The Morgan fingerprint density at radius 2 is 2.24 bits per heavy atom. The summed E-state index contributed by atoms with van der Waals surface area (Å²) in [6.45, 7) is 2.84. The fraction of sp³-hybridized carbons (Fsp3) is 0.571. The number of rotatable bonds is 5. The topological polar surface area (TPSA) is 29.1 Å². The quantitative estimate of drug-likeness (QED) is 0.871. The molecule has 0 spiro atoms. The van der Waals surface area contributed by atoms with Crippen LogP contribution < -0.4 is 5.32 Å². The number of benzene rings is 1. The lowest BCUT2D eigenvalue weighted by molar-refractivity contribution is 0.472. The zero-order valence-corrected chi connectivity index (χ0v) is 11.3. The van der Waals surface area contributed by atoms with Crippen LogP contribution in [0.3, 0.4) is 0 Å². The van der Waals surface area contributed by atoms with Gasteiger partial charge in [-0.3, -0.25) is 4.21 Å². The third-order valence-electron chi connectivity index (χ3n) is 3.41. The summed E-state index contributed by atoms with van der Waals surface area (Å²) in [5, 5.41) is 3.55. The summed E-state index contributed by atoms with van der Waals surface area (Å²) in [7, 11) is -0.652. The van der Waals surface area contributed by atoms with Crippen molar-refractivity contribution in [3.05, 3.63) is 35.4 Å². The molecule has 0 saturated carbocycles. The maximum Gasteiger partial charge on any atom is 0.0360 e. The zero-order valence-electron chi connectivity index (χ0n) is 10.4. The molecule has 2 nitrogen and oxygen atoms in total. The van der Waals surface area contributed by atoms with Crippen LogP contribution in [0.25, 0.3) is 0 Å². The largest absolute Gasteiger partial charge is 0.309 e. The van der Waals surface area contributed by atoms with Crippen LogP contribution in [0.5, 0.6) is 0 Å². The highest BCUT2D eigenvalue weighted by atomic mass is 32.2. The molecule has 1 N–H and O–H groups in total. The summed E-state index contributed by atoms with van der Waals surface area (Å²) in [5.74, 6) is 1.54. The number of hydrogen-bond acceptors (Lipinski definition) is 2. The van der Waals surface area contributed by atoms with E-state index < -0.39 is 10.8 Å². The molecule has 2 atom stereocenters. The van der Waals surface area contributed by atoms with Gasteiger partial charge in [-0.05, 0) is 30.4 Å². The predicted octanol–water partition coefficient (Wildman–Crippen LogP) is 2.42. The van der Waals surface area contributed by atoms with E-state index in [0.29, 0.717) is 6.04 Å². The summed E-state index contributed by atoms with van der Waals surface area (Å²) in [5.41, 5.74) is 2.92. The lowest BCUT2D eigenvalue weighted by atomic mass is 9.88. The van der Waals surface area contributed by atoms with E-state index in [2.05, 4.69) is 29.6 Å². The van der Waals surface area contributed by atoms with Gasteiger partial charge >= 0.3 is 0 Å². The Morgan fingerprint density at radius 1 is 1.41 bits per heavy atom. The highest BCUT2D eigenvalue weighted by molar-refractivity contribution is 7.84. The monoisotopic (exact) mass is 251 g/mol. The first-order valence-corrected chi connectivity index (χ1v) is 7.96. The molecule has 1 aliphatic rings. The first-order valence-electron chi connectivity index (χ1n) is 6.47. The molecule has 2 rings (SSSR count). The van der Waals surface area contributed by atoms with E-state index >= 15 is 0 Å². The van der Waals surface area contributed by atoms with Crippen molar-refractivity contribution in [3.63, 3.8) is 0 Å². The molecular weight excluding hydrogens is 230 g/mol. The molecule has 1 aromatic carbocycles. The predicted molar refractivity (Wildman–Crippen MR) is 73.7 cm³/mol. The highest BCUT2D eigenvalue weighted by Gasteiger charge is 2.18.